The molecule has 0 aliphatic rings. The highest BCUT2D eigenvalue weighted by Gasteiger charge is 2.19. The van der Waals surface area contributed by atoms with E-state index in [1.165, 1.54) is 6.07 Å². The average molecular weight is 407 g/mol. The number of rotatable bonds is 9. The molecule has 0 aliphatic carbocycles. The van der Waals surface area contributed by atoms with Gasteiger partial charge in [-0.3, -0.25) is 0 Å². The van der Waals surface area contributed by atoms with Crippen molar-refractivity contribution in [2.45, 2.75) is 19.8 Å². The summed E-state index contributed by atoms with van der Waals surface area (Å²) < 4.78 is 11.8. The molecule has 3 aromatic rings. The second-order valence-electron chi connectivity index (χ2n) is 6.35. The minimum Gasteiger partial charge on any atom is -0.485 e. The molecule has 0 fully saturated rings. The Balaban J connectivity index is 1.93. The van der Waals surface area contributed by atoms with E-state index in [2.05, 4.69) is 10.3 Å². The summed E-state index contributed by atoms with van der Waals surface area (Å²) in [4.78, 5) is 26.8. The Hall–Kier alpha value is -4.07. The summed E-state index contributed by atoms with van der Waals surface area (Å²) in [6.45, 7) is 0.302. The van der Waals surface area contributed by atoms with Crippen LogP contribution in [-0.4, -0.2) is 22.1 Å². The lowest BCUT2D eigenvalue weighted by Gasteiger charge is -2.17. The number of benzene rings is 2. The van der Waals surface area contributed by atoms with E-state index in [1.54, 1.807) is 0 Å². The fraction of sp³-hybridized carbons (Fsp3) is 0.136. The van der Waals surface area contributed by atoms with Crippen LogP contribution in [0.25, 0.3) is 0 Å². The second-order valence-corrected chi connectivity index (χ2v) is 6.35. The maximum Gasteiger partial charge on any atom is 0.354 e. The van der Waals surface area contributed by atoms with E-state index in [4.69, 9.17) is 15.2 Å². The Morgan fingerprint density at radius 2 is 1.50 bits per heavy atom. The van der Waals surface area contributed by atoms with Gasteiger partial charge in [0.1, 0.15) is 18.9 Å². The topological polar surface area (TPSA) is 124 Å². The summed E-state index contributed by atoms with van der Waals surface area (Å²) >= 11 is 0. The van der Waals surface area contributed by atoms with Crippen LogP contribution in [0.5, 0.6) is 11.5 Å². The molecule has 1 heterocycles. The van der Waals surface area contributed by atoms with Gasteiger partial charge in [-0.15, -0.1) is 0 Å². The van der Waals surface area contributed by atoms with Gasteiger partial charge in [0.2, 0.25) is 0 Å². The molecule has 2 amide bonds. The van der Waals surface area contributed by atoms with E-state index in [0.29, 0.717) is 0 Å². The van der Waals surface area contributed by atoms with Crippen molar-refractivity contribution in [3.63, 3.8) is 0 Å². The van der Waals surface area contributed by atoms with Crippen LogP contribution in [0.15, 0.2) is 66.7 Å². The van der Waals surface area contributed by atoms with E-state index in [1.807, 2.05) is 60.7 Å². The number of carboxylic acid groups (broad SMARTS) is 1. The van der Waals surface area contributed by atoms with Gasteiger partial charge in [0, 0.05) is 6.07 Å². The van der Waals surface area contributed by atoms with Crippen molar-refractivity contribution >= 4 is 12.0 Å². The van der Waals surface area contributed by atoms with Gasteiger partial charge in [-0.2, -0.15) is 0 Å². The molecule has 8 nitrogen and oxygen atoms in total. The highest BCUT2D eigenvalue weighted by atomic mass is 16.5. The smallest absolute Gasteiger partial charge is 0.354 e. The number of urea groups is 1. The van der Waals surface area contributed by atoms with Gasteiger partial charge < -0.3 is 25.6 Å². The van der Waals surface area contributed by atoms with Crippen LogP contribution in [0, 0.1) is 0 Å². The lowest BCUT2D eigenvalue weighted by molar-refractivity contribution is 0.0689. The van der Waals surface area contributed by atoms with Gasteiger partial charge in [0.25, 0.3) is 0 Å². The zero-order valence-corrected chi connectivity index (χ0v) is 16.1. The molecule has 0 spiro atoms. The third-order valence-corrected chi connectivity index (χ3v) is 4.12. The van der Waals surface area contributed by atoms with Crippen molar-refractivity contribution in [1.29, 1.82) is 0 Å². The number of ether oxygens (including phenoxy) is 2. The zero-order valence-electron chi connectivity index (χ0n) is 16.1. The number of nitrogens with zero attached hydrogens (tertiary/aromatic N) is 1. The summed E-state index contributed by atoms with van der Waals surface area (Å²) in [6.07, 6.45) is 0. The third kappa shape index (κ3) is 5.71. The summed E-state index contributed by atoms with van der Waals surface area (Å²) in [5.41, 5.74) is 6.94. The van der Waals surface area contributed by atoms with Crippen molar-refractivity contribution in [2.75, 3.05) is 0 Å². The van der Waals surface area contributed by atoms with Crippen LogP contribution in [-0.2, 0) is 19.8 Å². The maximum absolute atomic E-state index is 11.5. The number of nitrogens with one attached hydrogen (secondary N) is 1. The highest BCUT2D eigenvalue weighted by molar-refractivity contribution is 5.86. The van der Waals surface area contributed by atoms with Crippen LogP contribution in [0.2, 0.25) is 0 Å². The molecule has 0 aliphatic heterocycles. The number of nitrogens with two attached hydrogens (primary N) is 1. The molecular formula is C22H21N3O5. The number of primary amides is 1. The van der Waals surface area contributed by atoms with E-state index in [-0.39, 0.29) is 42.6 Å². The van der Waals surface area contributed by atoms with E-state index in [0.717, 1.165) is 11.1 Å². The monoisotopic (exact) mass is 407 g/mol. The Labute approximate surface area is 173 Å². The predicted octanol–water partition coefficient (Wildman–Crippen LogP) is 3.11. The quantitative estimate of drug-likeness (QED) is 0.501. The number of hydrogen-bond donors (Lipinski definition) is 3. The summed E-state index contributed by atoms with van der Waals surface area (Å²) in [7, 11) is 0. The first-order valence-electron chi connectivity index (χ1n) is 9.17. The molecule has 8 heteroatoms. The van der Waals surface area contributed by atoms with Gasteiger partial charge in [0.05, 0.1) is 6.54 Å². The SMILES string of the molecule is NC(=O)NCc1nc(C(=O)O)cc(OCc2ccccc2)c1OCc1ccccc1. The molecule has 4 N–H and O–H groups in total. The molecule has 0 saturated heterocycles. The summed E-state index contributed by atoms with van der Waals surface area (Å²) in [6, 6.07) is 19.4. The first kappa shape index (κ1) is 20.7. The van der Waals surface area contributed by atoms with Crippen molar-refractivity contribution in [1.82, 2.24) is 10.3 Å². The largest absolute Gasteiger partial charge is 0.485 e. The Morgan fingerprint density at radius 1 is 0.933 bits per heavy atom. The van der Waals surface area contributed by atoms with Crippen molar-refractivity contribution < 1.29 is 24.2 Å². The molecule has 0 atom stereocenters. The third-order valence-electron chi connectivity index (χ3n) is 4.12. The van der Waals surface area contributed by atoms with E-state index < -0.39 is 12.0 Å². The van der Waals surface area contributed by atoms with Crippen LogP contribution in [0.1, 0.15) is 27.3 Å². The van der Waals surface area contributed by atoms with Crippen LogP contribution < -0.4 is 20.5 Å². The zero-order chi connectivity index (χ0) is 21.3. The molecule has 0 unspecified atom stereocenters. The predicted molar refractivity (Wildman–Crippen MR) is 109 cm³/mol. The fourth-order valence-corrected chi connectivity index (χ4v) is 2.69. The number of carboxylic acids is 1. The van der Waals surface area contributed by atoms with E-state index in [9.17, 15) is 14.7 Å². The number of carbonyl (C=O) groups is 2. The van der Waals surface area contributed by atoms with Crippen LogP contribution >= 0.6 is 0 Å². The van der Waals surface area contributed by atoms with Crippen molar-refractivity contribution in [3.05, 3.63) is 89.2 Å². The second kappa shape index (κ2) is 9.92. The molecule has 0 saturated carbocycles. The van der Waals surface area contributed by atoms with Gasteiger partial charge >= 0.3 is 12.0 Å². The lowest BCUT2D eigenvalue weighted by Crippen LogP contribution is -2.29. The Bertz CT molecular complexity index is 1010. The Morgan fingerprint density at radius 3 is 2.03 bits per heavy atom. The van der Waals surface area contributed by atoms with Gasteiger partial charge in [0.15, 0.2) is 17.2 Å². The lowest BCUT2D eigenvalue weighted by atomic mass is 10.2. The number of amides is 2. The molecule has 0 radical (unpaired) electrons. The average Bonchev–Trinajstić information content (AvgIpc) is 2.76. The van der Waals surface area contributed by atoms with Crippen LogP contribution in [0.3, 0.4) is 0 Å². The van der Waals surface area contributed by atoms with Crippen LogP contribution in [0.4, 0.5) is 4.79 Å². The normalized spacial score (nSPS) is 10.3. The van der Waals surface area contributed by atoms with Gasteiger partial charge in [-0.05, 0) is 11.1 Å². The van der Waals surface area contributed by atoms with E-state index >= 15 is 0 Å². The molecule has 1 aromatic heterocycles. The Kier molecular flexibility index (Phi) is 6.83. The number of pyridine rings is 1. The van der Waals surface area contributed by atoms with Crippen molar-refractivity contribution in [3.8, 4) is 11.5 Å². The number of aromatic carboxylic acids is 1. The highest BCUT2D eigenvalue weighted by Crippen LogP contribution is 2.33. The summed E-state index contributed by atoms with van der Waals surface area (Å²) in [5.74, 6) is -0.772. The first-order valence-corrected chi connectivity index (χ1v) is 9.17. The molecule has 154 valence electrons. The number of aromatic nitrogens is 1. The molecule has 2 aromatic carbocycles. The minimum atomic E-state index is -1.23. The molecule has 30 heavy (non-hydrogen) atoms. The van der Waals surface area contributed by atoms with Gasteiger partial charge in [-0.25, -0.2) is 14.6 Å². The molecule has 3 rings (SSSR count). The number of carbonyl (C=O) groups excluding carboxylic acids is 1. The van der Waals surface area contributed by atoms with Gasteiger partial charge in [-0.1, -0.05) is 60.7 Å². The molecular weight excluding hydrogens is 386 g/mol. The van der Waals surface area contributed by atoms with Crippen molar-refractivity contribution in [2.24, 2.45) is 5.73 Å². The first-order chi connectivity index (χ1) is 14.5. The fourth-order valence-electron chi connectivity index (χ4n) is 2.69. The summed E-state index contributed by atoms with van der Waals surface area (Å²) in [5, 5.41) is 11.8. The maximum atomic E-state index is 11.5. The minimum absolute atomic E-state index is 0.109. The standard InChI is InChI=1S/C22H21N3O5/c23-22(28)24-12-18-20(30-14-16-9-5-2-6-10-16)19(11-17(25-18)21(26)27)29-13-15-7-3-1-4-8-15/h1-11H,12-14H2,(H,26,27)(H3,23,24,28). The molecule has 0 bridgehead atoms. The number of hydrogen-bond acceptors (Lipinski definition) is 5.